The number of rotatable bonds is 3. The number of nitrogens with two attached hydrogens (primary N) is 1. The first-order valence-corrected chi connectivity index (χ1v) is 6.76. The average Bonchev–Trinajstić information content (AvgIpc) is 2.74. The molecule has 0 aliphatic rings. The smallest absolute Gasteiger partial charge is 0.375 e. The molecule has 0 bridgehead atoms. The molecule has 1 aromatic carbocycles. The van der Waals surface area contributed by atoms with E-state index in [0.717, 1.165) is 23.5 Å². The van der Waals surface area contributed by atoms with Crippen LogP contribution in [-0.2, 0) is 12.7 Å². The molecule has 21 heavy (non-hydrogen) atoms. The molecular weight excluding hydrogens is 303 g/mol. The van der Waals surface area contributed by atoms with Crippen molar-refractivity contribution in [1.29, 1.82) is 0 Å². The number of hydrogen-bond donors (Lipinski definition) is 2. The lowest BCUT2D eigenvalue weighted by Crippen LogP contribution is -2.22. The number of hydrogen-bond acceptors (Lipinski definition) is 4. The van der Waals surface area contributed by atoms with Crippen molar-refractivity contribution in [2.24, 2.45) is 0 Å². The van der Waals surface area contributed by atoms with E-state index in [1.165, 1.54) is 12.1 Å². The van der Waals surface area contributed by atoms with Gasteiger partial charge in [0.1, 0.15) is 4.88 Å². The molecule has 0 radical (unpaired) electrons. The molecule has 0 saturated carbocycles. The van der Waals surface area contributed by atoms with Gasteiger partial charge in [-0.1, -0.05) is 23.5 Å². The number of benzene rings is 1. The molecule has 112 valence electrons. The third-order valence-corrected chi connectivity index (χ3v) is 3.71. The zero-order valence-electron chi connectivity index (χ0n) is 11.0. The van der Waals surface area contributed by atoms with Crippen LogP contribution < -0.4 is 11.1 Å². The summed E-state index contributed by atoms with van der Waals surface area (Å²) in [6.45, 7) is 1.64. The Labute approximate surface area is 122 Å². The van der Waals surface area contributed by atoms with Crippen LogP contribution in [0.1, 0.15) is 26.5 Å². The maximum Gasteiger partial charge on any atom is 0.416 e. The largest absolute Gasteiger partial charge is 0.416 e. The number of thiazole rings is 1. The topological polar surface area (TPSA) is 68.0 Å². The summed E-state index contributed by atoms with van der Waals surface area (Å²) in [7, 11) is 0. The van der Waals surface area contributed by atoms with Crippen LogP contribution in [0, 0.1) is 6.92 Å². The summed E-state index contributed by atoms with van der Waals surface area (Å²) in [6.07, 6.45) is -4.40. The Balaban J connectivity index is 2.07. The highest BCUT2D eigenvalue weighted by molar-refractivity contribution is 7.17. The standard InChI is InChI=1S/C13H12F3N3OS/c1-7-10(21-12(17)19-7)11(20)18-6-8-3-2-4-9(5-8)13(14,15)16/h2-5H,6H2,1H3,(H2,17,19)(H,18,20). The number of aromatic nitrogens is 1. The number of aryl methyl sites for hydroxylation is 1. The summed E-state index contributed by atoms with van der Waals surface area (Å²) in [6, 6.07) is 4.82. The number of anilines is 1. The fourth-order valence-electron chi connectivity index (χ4n) is 1.75. The van der Waals surface area contributed by atoms with Crippen LogP contribution in [0.5, 0.6) is 0 Å². The van der Waals surface area contributed by atoms with Crippen molar-refractivity contribution in [3.63, 3.8) is 0 Å². The molecule has 1 amide bonds. The normalized spacial score (nSPS) is 11.4. The van der Waals surface area contributed by atoms with E-state index in [4.69, 9.17) is 5.73 Å². The molecule has 0 atom stereocenters. The Bertz CT molecular complexity index is 667. The van der Waals surface area contributed by atoms with Crippen LogP contribution in [-0.4, -0.2) is 10.9 Å². The molecule has 2 aromatic rings. The number of nitrogens with zero attached hydrogens (tertiary/aromatic N) is 1. The highest BCUT2D eigenvalue weighted by Crippen LogP contribution is 2.29. The number of nitrogens with one attached hydrogen (secondary N) is 1. The molecule has 0 spiro atoms. The minimum absolute atomic E-state index is 0.00000189. The lowest BCUT2D eigenvalue weighted by molar-refractivity contribution is -0.137. The van der Waals surface area contributed by atoms with E-state index in [2.05, 4.69) is 10.3 Å². The van der Waals surface area contributed by atoms with Crippen molar-refractivity contribution in [3.8, 4) is 0 Å². The van der Waals surface area contributed by atoms with Gasteiger partial charge in [0, 0.05) is 6.54 Å². The zero-order valence-corrected chi connectivity index (χ0v) is 11.8. The van der Waals surface area contributed by atoms with E-state index in [0.29, 0.717) is 16.1 Å². The predicted octanol–water partition coefficient (Wildman–Crippen LogP) is 2.98. The Morgan fingerprint density at radius 3 is 2.71 bits per heavy atom. The van der Waals surface area contributed by atoms with Gasteiger partial charge >= 0.3 is 6.18 Å². The van der Waals surface area contributed by atoms with Gasteiger partial charge in [-0.3, -0.25) is 4.79 Å². The van der Waals surface area contributed by atoms with Crippen LogP contribution in [0.15, 0.2) is 24.3 Å². The summed E-state index contributed by atoms with van der Waals surface area (Å²) in [5.41, 5.74) is 5.62. The Kier molecular flexibility index (Phi) is 4.17. The summed E-state index contributed by atoms with van der Waals surface area (Å²) in [4.78, 5) is 16.2. The highest BCUT2D eigenvalue weighted by Gasteiger charge is 2.30. The Hall–Kier alpha value is -2.09. The fraction of sp³-hybridized carbons (Fsp3) is 0.231. The molecule has 2 rings (SSSR count). The lowest BCUT2D eigenvalue weighted by Gasteiger charge is -2.09. The maximum absolute atomic E-state index is 12.6. The SMILES string of the molecule is Cc1nc(N)sc1C(=O)NCc1cccc(C(F)(F)F)c1. The third-order valence-electron chi connectivity index (χ3n) is 2.73. The number of amides is 1. The first-order chi connectivity index (χ1) is 9.77. The van der Waals surface area contributed by atoms with E-state index < -0.39 is 17.6 Å². The third kappa shape index (κ3) is 3.72. The van der Waals surface area contributed by atoms with Gasteiger partial charge in [0.15, 0.2) is 5.13 Å². The van der Waals surface area contributed by atoms with Crippen LogP contribution in [0.2, 0.25) is 0 Å². The predicted molar refractivity (Wildman–Crippen MR) is 73.9 cm³/mol. The van der Waals surface area contributed by atoms with Gasteiger partial charge < -0.3 is 11.1 Å². The molecule has 1 aromatic heterocycles. The van der Waals surface area contributed by atoms with Crippen molar-refractivity contribution in [2.45, 2.75) is 19.6 Å². The second-order valence-electron chi connectivity index (χ2n) is 4.35. The van der Waals surface area contributed by atoms with Gasteiger partial charge in [0.05, 0.1) is 11.3 Å². The quantitative estimate of drug-likeness (QED) is 0.915. The highest BCUT2D eigenvalue weighted by atomic mass is 32.1. The van der Waals surface area contributed by atoms with Crippen LogP contribution in [0.3, 0.4) is 0 Å². The first kappa shape index (κ1) is 15.3. The second kappa shape index (κ2) is 5.72. The van der Waals surface area contributed by atoms with Crippen molar-refractivity contribution in [1.82, 2.24) is 10.3 Å². The number of alkyl halides is 3. The number of carbonyl (C=O) groups is 1. The number of halogens is 3. The molecule has 0 aliphatic carbocycles. The van der Waals surface area contributed by atoms with E-state index in [1.807, 2.05) is 0 Å². The minimum atomic E-state index is -4.40. The molecule has 1 heterocycles. The maximum atomic E-state index is 12.6. The molecule has 3 N–H and O–H groups in total. The van der Waals surface area contributed by atoms with Gasteiger partial charge in [0.25, 0.3) is 5.91 Å². The average molecular weight is 315 g/mol. The molecule has 0 aliphatic heterocycles. The second-order valence-corrected chi connectivity index (χ2v) is 5.38. The molecule has 0 saturated heterocycles. The van der Waals surface area contributed by atoms with Gasteiger partial charge in [-0.15, -0.1) is 0 Å². The van der Waals surface area contributed by atoms with Crippen molar-refractivity contribution < 1.29 is 18.0 Å². The van der Waals surface area contributed by atoms with E-state index in [9.17, 15) is 18.0 Å². The van der Waals surface area contributed by atoms with Crippen LogP contribution >= 0.6 is 11.3 Å². The minimum Gasteiger partial charge on any atom is -0.375 e. The van der Waals surface area contributed by atoms with Crippen molar-refractivity contribution in [3.05, 3.63) is 46.0 Å². The van der Waals surface area contributed by atoms with Crippen molar-refractivity contribution in [2.75, 3.05) is 5.73 Å². The Morgan fingerprint density at radius 2 is 2.14 bits per heavy atom. The molecule has 0 unspecified atom stereocenters. The van der Waals surface area contributed by atoms with Gasteiger partial charge in [0.2, 0.25) is 0 Å². The summed E-state index contributed by atoms with van der Waals surface area (Å²) >= 11 is 1.04. The molecule has 4 nitrogen and oxygen atoms in total. The Morgan fingerprint density at radius 1 is 1.43 bits per heavy atom. The lowest BCUT2D eigenvalue weighted by atomic mass is 10.1. The number of nitrogen functional groups attached to an aromatic ring is 1. The summed E-state index contributed by atoms with van der Waals surface area (Å²) in [5.74, 6) is -0.404. The summed E-state index contributed by atoms with van der Waals surface area (Å²) in [5, 5.41) is 2.83. The van der Waals surface area contributed by atoms with Crippen LogP contribution in [0.4, 0.5) is 18.3 Å². The fourth-order valence-corrected chi connectivity index (χ4v) is 2.50. The zero-order chi connectivity index (χ0) is 15.6. The van der Waals surface area contributed by atoms with E-state index >= 15 is 0 Å². The van der Waals surface area contributed by atoms with E-state index in [1.54, 1.807) is 6.92 Å². The molecule has 0 fully saturated rings. The molecular formula is C13H12F3N3OS. The summed E-state index contributed by atoms with van der Waals surface area (Å²) < 4.78 is 37.7. The molecule has 8 heteroatoms. The van der Waals surface area contributed by atoms with Crippen molar-refractivity contribution >= 4 is 22.4 Å². The van der Waals surface area contributed by atoms with Gasteiger partial charge in [-0.2, -0.15) is 13.2 Å². The van der Waals surface area contributed by atoms with Gasteiger partial charge in [-0.05, 0) is 24.6 Å². The monoisotopic (exact) mass is 315 g/mol. The number of carbonyl (C=O) groups excluding carboxylic acids is 1. The van der Waals surface area contributed by atoms with Crippen LogP contribution in [0.25, 0.3) is 0 Å². The van der Waals surface area contributed by atoms with Gasteiger partial charge in [-0.25, -0.2) is 4.98 Å². The van der Waals surface area contributed by atoms with E-state index in [-0.39, 0.29) is 11.7 Å². The first-order valence-electron chi connectivity index (χ1n) is 5.94.